The summed E-state index contributed by atoms with van der Waals surface area (Å²) in [6.07, 6.45) is 3.65. The van der Waals surface area contributed by atoms with Crippen LogP contribution in [0.1, 0.15) is 37.2 Å². The molecular formula is C13H15N5O2. The topological polar surface area (TPSA) is 87.2 Å². The molecule has 0 aromatic carbocycles. The second-order valence-electron chi connectivity index (χ2n) is 5.48. The summed E-state index contributed by atoms with van der Waals surface area (Å²) in [7, 11) is 0. The van der Waals surface area contributed by atoms with Crippen LogP contribution in [-0.2, 0) is 9.59 Å². The number of nitrogens with one attached hydrogen (secondary N) is 2. The van der Waals surface area contributed by atoms with Crippen LogP contribution in [0.4, 0.5) is 17.6 Å². The van der Waals surface area contributed by atoms with Crippen molar-refractivity contribution < 1.29 is 9.59 Å². The molecule has 0 aliphatic carbocycles. The largest absolute Gasteiger partial charge is 0.341 e. The van der Waals surface area contributed by atoms with Crippen LogP contribution in [-0.4, -0.2) is 34.9 Å². The normalized spacial score (nSPS) is 24.2. The van der Waals surface area contributed by atoms with Gasteiger partial charge in [-0.2, -0.15) is 9.97 Å². The highest BCUT2D eigenvalue weighted by atomic mass is 16.2. The molecule has 1 aromatic heterocycles. The molecule has 2 N–H and O–H groups in total. The van der Waals surface area contributed by atoms with E-state index in [1.165, 1.54) is 6.42 Å². The summed E-state index contributed by atoms with van der Waals surface area (Å²) >= 11 is 0. The number of carbonyl (C=O) groups is 2. The third kappa shape index (κ3) is 1.65. The van der Waals surface area contributed by atoms with Gasteiger partial charge in [0.05, 0.1) is 11.5 Å². The van der Waals surface area contributed by atoms with Crippen LogP contribution in [0.15, 0.2) is 0 Å². The lowest BCUT2D eigenvalue weighted by molar-refractivity contribution is -0.122. The number of nitrogens with zero attached hydrogens (tertiary/aromatic N) is 3. The monoisotopic (exact) mass is 273 g/mol. The van der Waals surface area contributed by atoms with Crippen molar-refractivity contribution in [2.45, 2.75) is 31.6 Å². The van der Waals surface area contributed by atoms with Crippen molar-refractivity contribution in [2.75, 3.05) is 28.6 Å². The first-order valence-corrected chi connectivity index (χ1v) is 7.00. The van der Waals surface area contributed by atoms with E-state index < -0.39 is 5.92 Å². The Balaban J connectivity index is 1.78. The average molecular weight is 273 g/mol. The SMILES string of the molecule is O=C1C[C@H]2C(=O)Nc3nc(N4CCCCC4)nc(c32)N1. The number of hydrogen-bond donors (Lipinski definition) is 2. The van der Waals surface area contributed by atoms with Crippen LogP contribution in [0.25, 0.3) is 0 Å². The summed E-state index contributed by atoms with van der Waals surface area (Å²) in [5, 5.41) is 5.53. The third-order valence-corrected chi connectivity index (χ3v) is 4.13. The highest BCUT2D eigenvalue weighted by Crippen LogP contribution is 2.41. The molecule has 0 spiro atoms. The molecule has 7 nitrogen and oxygen atoms in total. The van der Waals surface area contributed by atoms with E-state index in [4.69, 9.17) is 0 Å². The van der Waals surface area contributed by atoms with Gasteiger partial charge in [0.15, 0.2) is 0 Å². The van der Waals surface area contributed by atoms with Crippen LogP contribution >= 0.6 is 0 Å². The predicted octanol–water partition coefficient (Wildman–Crippen LogP) is 0.845. The zero-order valence-electron chi connectivity index (χ0n) is 11.0. The number of hydrogen-bond acceptors (Lipinski definition) is 5. The number of anilines is 3. The molecule has 20 heavy (non-hydrogen) atoms. The fourth-order valence-corrected chi connectivity index (χ4v) is 3.11. The van der Waals surface area contributed by atoms with Gasteiger partial charge in [-0.05, 0) is 19.3 Å². The van der Waals surface area contributed by atoms with Crippen LogP contribution in [0.3, 0.4) is 0 Å². The zero-order chi connectivity index (χ0) is 13.7. The molecule has 2 amide bonds. The standard InChI is InChI=1S/C13H15N5O2/c19-8-6-7-9-10(14-8)16-13(17-11(9)15-12(7)20)18-4-2-1-3-5-18/h7H,1-6H2,(H2,14,15,16,17,19,20)/t7-/m1/s1. The van der Waals surface area contributed by atoms with Gasteiger partial charge >= 0.3 is 0 Å². The Morgan fingerprint density at radius 1 is 1.00 bits per heavy atom. The maximum Gasteiger partial charge on any atom is 0.233 e. The summed E-state index contributed by atoms with van der Waals surface area (Å²) in [6.45, 7) is 1.84. The van der Waals surface area contributed by atoms with Crippen LogP contribution in [0.2, 0.25) is 0 Å². The van der Waals surface area contributed by atoms with Crippen molar-refractivity contribution in [3.05, 3.63) is 5.56 Å². The molecule has 1 saturated heterocycles. The fraction of sp³-hybridized carbons (Fsp3) is 0.538. The van der Waals surface area contributed by atoms with Crippen LogP contribution < -0.4 is 15.5 Å². The van der Waals surface area contributed by atoms with E-state index in [1.54, 1.807) is 0 Å². The van der Waals surface area contributed by atoms with E-state index in [1.807, 2.05) is 0 Å². The number of piperidine rings is 1. The second kappa shape index (κ2) is 4.16. The first kappa shape index (κ1) is 11.6. The lowest BCUT2D eigenvalue weighted by Crippen LogP contribution is -2.32. The van der Waals surface area contributed by atoms with Gasteiger partial charge in [0.1, 0.15) is 11.6 Å². The van der Waals surface area contributed by atoms with Crippen LogP contribution in [0.5, 0.6) is 0 Å². The molecule has 1 fully saturated rings. The maximum absolute atomic E-state index is 11.9. The van der Waals surface area contributed by atoms with E-state index in [9.17, 15) is 9.59 Å². The fourth-order valence-electron chi connectivity index (χ4n) is 3.11. The summed E-state index contributed by atoms with van der Waals surface area (Å²) in [5.74, 6) is 0.918. The van der Waals surface area contributed by atoms with Gasteiger partial charge in [-0.1, -0.05) is 0 Å². The molecule has 7 heteroatoms. The van der Waals surface area contributed by atoms with Gasteiger partial charge in [-0.15, -0.1) is 0 Å². The zero-order valence-corrected chi connectivity index (χ0v) is 11.0. The van der Waals surface area contributed by atoms with E-state index in [-0.39, 0.29) is 18.2 Å². The van der Waals surface area contributed by atoms with Gasteiger partial charge < -0.3 is 15.5 Å². The number of carbonyl (C=O) groups excluding carboxylic acids is 2. The van der Waals surface area contributed by atoms with Crippen molar-refractivity contribution in [3.63, 3.8) is 0 Å². The highest BCUT2D eigenvalue weighted by Gasteiger charge is 2.40. The van der Waals surface area contributed by atoms with Gasteiger partial charge in [-0.3, -0.25) is 9.59 Å². The predicted molar refractivity (Wildman–Crippen MR) is 72.7 cm³/mol. The molecule has 0 unspecified atom stereocenters. The molecule has 4 rings (SSSR count). The molecule has 1 aromatic rings. The van der Waals surface area contributed by atoms with Gasteiger partial charge in [0.2, 0.25) is 17.8 Å². The van der Waals surface area contributed by atoms with E-state index in [0.717, 1.165) is 31.5 Å². The summed E-state index contributed by atoms with van der Waals surface area (Å²) in [4.78, 5) is 34.6. The summed E-state index contributed by atoms with van der Waals surface area (Å²) in [5.41, 5.74) is 0.746. The van der Waals surface area contributed by atoms with Gasteiger partial charge in [0, 0.05) is 19.5 Å². The molecule has 1 atom stereocenters. The number of amides is 2. The van der Waals surface area contributed by atoms with Crippen molar-refractivity contribution in [1.29, 1.82) is 0 Å². The van der Waals surface area contributed by atoms with Gasteiger partial charge in [0.25, 0.3) is 0 Å². The Morgan fingerprint density at radius 2 is 1.70 bits per heavy atom. The van der Waals surface area contributed by atoms with Crippen molar-refractivity contribution in [3.8, 4) is 0 Å². The van der Waals surface area contributed by atoms with Crippen LogP contribution in [0, 0.1) is 0 Å². The Morgan fingerprint density at radius 3 is 2.45 bits per heavy atom. The Bertz CT molecular complexity index is 609. The average Bonchev–Trinajstić information content (AvgIpc) is 2.77. The third-order valence-electron chi connectivity index (χ3n) is 4.13. The second-order valence-corrected chi connectivity index (χ2v) is 5.48. The van der Waals surface area contributed by atoms with E-state index in [2.05, 4.69) is 25.5 Å². The molecule has 104 valence electrons. The first-order valence-electron chi connectivity index (χ1n) is 7.00. The lowest BCUT2D eigenvalue weighted by Gasteiger charge is -2.28. The van der Waals surface area contributed by atoms with Crippen molar-refractivity contribution in [1.82, 2.24) is 9.97 Å². The molecule has 3 aliphatic rings. The Kier molecular flexibility index (Phi) is 2.42. The minimum Gasteiger partial charge on any atom is -0.341 e. The molecule has 3 aliphatic heterocycles. The quantitative estimate of drug-likeness (QED) is 0.792. The maximum atomic E-state index is 11.9. The van der Waals surface area contributed by atoms with Crippen molar-refractivity contribution in [2.24, 2.45) is 0 Å². The lowest BCUT2D eigenvalue weighted by atomic mass is 9.95. The minimum atomic E-state index is -0.427. The summed E-state index contributed by atoms with van der Waals surface area (Å²) in [6, 6.07) is 0. The molecule has 0 saturated carbocycles. The minimum absolute atomic E-state index is 0.152. The van der Waals surface area contributed by atoms with E-state index >= 15 is 0 Å². The Labute approximate surface area is 115 Å². The first-order chi connectivity index (χ1) is 9.72. The number of rotatable bonds is 1. The van der Waals surface area contributed by atoms with Gasteiger partial charge in [-0.25, -0.2) is 0 Å². The smallest absolute Gasteiger partial charge is 0.233 e. The molecule has 4 heterocycles. The molecule has 0 bridgehead atoms. The molecular weight excluding hydrogens is 258 g/mol. The highest BCUT2D eigenvalue weighted by molar-refractivity contribution is 6.10. The Hall–Kier alpha value is -2.18. The molecule has 0 radical (unpaired) electrons. The summed E-state index contributed by atoms with van der Waals surface area (Å²) < 4.78 is 0. The van der Waals surface area contributed by atoms with E-state index in [0.29, 0.717) is 17.6 Å². The number of aromatic nitrogens is 2. The van der Waals surface area contributed by atoms with Crippen molar-refractivity contribution >= 4 is 29.4 Å².